The molecule has 1 aliphatic carbocycles. The molecule has 7 nitrogen and oxygen atoms in total. The number of fused-ring (bicyclic) bond motifs is 1. The van der Waals surface area contributed by atoms with Gasteiger partial charge in [-0.3, -0.25) is 9.59 Å². The Kier molecular flexibility index (Phi) is 4.78. The number of benzene rings is 2. The highest BCUT2D eigenvalue weighted by molar-refractivity contribution is 6.30. The first-order valence-corrected chi connectivity index (χ1v) is 10.2. The molecule has 9 heteroatoms. The molecule has 4 aromatic rings. The van der Waals surface area contributed by atoms with Gasteiger partial charge in [-0.05, 0) is 43.2 Å². The average molecular weight is 438 g/mol. The van der Waals surface area contributed by atoms with E-state index in [2.05, 4.69) is 15.5 Å². The van der Waals surface area contributed by atoms with Crippen LogP contribution in [0.4, 0.5) is 10.1 Å². The fourth-order valence-corrected chi connectivity index (χ4v) is 3.74. The Morgan fingerprint density at radius 3 is 2.74 bits per heavy atom. The predicted octanol–water partition coefficient (Wildman–Crippen LogP) is 3.89. The summed E-state index contributed by atoms with van der Waals surface area (Å²) in [5, 5.41) is 12.5. The SMILES string of the molecule is O=C(Cn1nc(C2CC2)c2cnn(-c3cccc(Cl)c3)c2c1=O)Nc1ccccc1F. The van der Waals surface area contributed by atoms with Crippen LogP contribution in [-0.4, -0.2) is 25.5 Å². The predicted molar refractivity (Wildman–Crippen MR) is 115 cm³/mol. The topological polar surface area (TPSA) is 81.8 Å². The van der Waals surface area contributed by atoms with Crippen LogP contribution in [0.25, 0.3) is 16.6 Å². The van der Waals surface area contributed by atoms with E-state index < -0.39 is 17.3 Å². The Morgan fingerprint density at radius 2 is 2.00 bits per heavy atom. The zero-order valence-corrected chi connectivity index (χ0v) is 17.0. The summed E-state index contributed by atoms with van der Waals surface area (Å²) in [6.07, 6.45) is 3.55. The van der Waals surface area contributed by atoms with Crippen LogP contribution >= 0.6 is 11.6 Å². The Morgan fingerprint density at radius 1 is 1.19 bits per heavy atom. The molecule has 1 fully saturated rings. The Balaban J connectivity index is 1.58. The number of rotatable bonds is 5. The van der Waals surface area contributed by atoms with Crippen LogP contribution in [0.1, 0.15) is 24.5 Å². The summed E-state index contributed by atoms with van der Waals surface area (Å²) in [4.78, 5) is 25.8. The molecule has 1 saturated carbocycles. The van der Waals surface area contributed by atoms with Crippen LogP contribution in [0.15, 0.2) is 59.5 Å². The van der Waals surface area contributed by atoms with E-state index >= 15 is 0 Å². The van der Waals surface area contributed by atoms with Crippen LogP contribution in [0.5, 0.6) is 0 Å². The van der Waals surface area contributed by atoms with Crippen molar-refractivity contribution in [1.29, 1.82) is 0 Å². The second-order valence-corrected chi connectivity index (χ2v) is 7.89. The summed E-state index contributed by atoms with van der Waals surface area (Å²) >= 11 is 6.11. The highest BCUT2D eigenvalue weighted by Gasteiger charge is 2.30. The molecule has 0 bridgehead atoms. The molecule has 1 amide bonds. The molecule has 5 rings (SSSR count). The van der Waals surface area contributed by atoms with Crippen LogP contribution in [-0.2, 0) is 11.3 Å². The number of aromatic nitrogens is 4. The normalized spacial score (nSPS) is 13.5. The van der Waals surface area contributed by atoms with E-state index in [9.17, 15) is 14.0 Å². The number of nitrogens with one attached hydrogen (secondary N) is 1. The number of hydrogen-bond acceptors (Lipinski definition) is 4. The van der Waals surface area contributed by atoms with E-state index in [4.69, 9.17) is 11.6 Å². The van der Waals surface area contributed by atoms with E-state index in [0.717, 1.165) is 23.2 Å². The largest absolute Gasteiger partial charge is 0.322 e. The Bertz CT molecular complexity index is 1380. The van der Waals surface area contributed by atoms with Crippen molar-refractivity contribution in [3.8, 4) is 5.69 Å². The van der Waals surface area contributed by atoms with Gasteiger partial charge < -0.3 is 5.32 Å². The van der Waals surface area contributed by atoms with E-state index in [1.165, 1.54) is 22.9 Å². The molecule has 2 aromatic carbocycles. The number of halogens is 2. The van der Waals surface area contributed by atoms with Gasteiger partial charge in [-0.15, -0.1) is 0 Å². The van der Waals surface area contributed by atoms with Crippen molar-refractivity contribution in [2.45, 2.75) is 25.3 Å². The standard InChI is InChI=1S/C22H17ClFN5O2/c23-14-4-3-5-15(10-14)29-21-16(11-25-29)20(13-8-9-13)27-28(22(21)31)12-19(30)26-18-7-2-1-6-17(18)24/h1-7,10-11,13H,8-9,12H2,(H,26,30). The number of anilines is 1. The molecular formula is C22H17ClFN5O2. The Hall–Kier alpha value is -3.52. The second kappa shape index (κ2) is 7.63. The van der Waals surface area contributed by atoms with E-state index in [1.807, 2.05) is 0 Å². The van der Waals surface area contributed by atoms with E-state index in [0.29, 0.717) is 21.6 Å². The molecule has 1 aliphatic rings. The monoisotopic (exact) mass is 437 g/mol. The van der Waals surface area contributed by atoms with E-state index in [1.54, 1.807) is 36.5 Å². The Labute approximate surface area is 181 Å². The van der Waals surface area contributed by atoms with Gasteiger partial charge in [0.2, 0.25) is 5.91 Å². The zero-order valence-electron chi connectivity index (χ0n) is 16.3. The quantitative estimate of drug-likeness (QED) is 0.513. The summed E-state index contributed by atoms with van der Waals surface area (Å²) in [6, 6.07) is 12.9. The molecule has 1 N–H and O–H groups in total. The molecule has 0 aliphatic heterocycles. The van der Waals surface area contributed by atoms with Crippen molar-refractivity contribution in [2.24, 2.45) is 0 Å². The number of para-hydroxylation sites is 1. The van der Waals surface area contributed by atoms with Gasteiger partial charge in [-0.25, -0.2) is 13.8 Å². The fourth-order valence-electron chi connectivity index (χ4n) is 3.55. The molecule has 156 valence electrons. The molecule has 2 heterocycles. The lowest BCUT2D eigenvalue weighted by Crippen LogP contribution is -2.31. The zero-order chi connectivity index (χ0) is 21.5. The van der Waals surface area contributed by atoms with Gasteiger partial charge in [-0.1, -0.05) is 29.8 Å². The first kappa shape index (κ1) is 19.4. The van der Waals surface area contributed by atoms with Gasteiger partial charge >= 0.3 is 0 Å². The maximum atomic E-state index is 13.9. The lowest BCUT2D eigenvalue weighted by molar-refractivity contribution is -0.117. The van der Waals surface area contributed by atoms with Crippen molar-refractivity contribution in [3.63, 3.8) is 0 Å². The summed E-state index contributed by atoms with van der Waals surface area (Å²) in [5.74, 6) is -0.875. The minimum Gasteiger partial charge on any atom is -0.322 e. The molecule has 0 radical (unpaired) electrons. The van der Waals surface area contributed by atoms with Crippen molar-refractivity contribution < 1.29 is 9.18 Å². The van der Waals surface area contributed by atoms with Crippen LogP contribution in [0.3, 0.4) is 0 Å². The molecule has 0 saturated heterocycles. The van der Waals surface area contributed by atoms with Gasteiger partial charge in [0.05, 0.1) is 23.3 Å². The molecule has 2 aromatic heterocycles. The van der Waals surface area contributed by atoms with Crippen molar-refractivity contribution in [2.75, 3.05) is 5.32 Å². The summed E-state index contributed by atoms with van der Waals surface area (Å²) < 4.78 is 16.5. The van der Waals surface area contributed by atoms with Gasteiger partial charge in [0.1, 0.15) is 17.9 Å². The summed E-state index contributed by atoms with van der Waals surface area (Å²) in [6.45, 7) is -0.344. The van der Waals surface area contributed by atoms with Gasteiger partial charge in [0.15, 0.2) is 0 Å². The lowest BCUT2D eigenvalue weighted by Gasteiger charge is -2.11. The van der Waals surface area contributed by atoms with Crippen molar-refractivity contribution >= 4 is 34.1 Å². The highest BCUT2D eigenvalue weighted by Crippen LogP contribution is 2.41. The number of nitrogens with zero attached hydrogens (tertiary/aromatic N) is 4. The van der Waals surface area contributed by atoms with E-state index in [-0.39, 0.29) is 18.2 Å². The van der Waals surface area contributed by atoms with Crippen LogP contribution in [0, 0.1) is 5.82 Å². The third kappa shape index (κ3) is 3.70. The second-order valence-electron chi connectivity index (χ2n) is 7.45. The smallest absolute Gasteiger partial charge is 0.293 e. The highest BCUT2D eigenvalue weighted by atomic mass is 35.5. The lowest BCUT2D eigenvalue weighted by atomic mass is 10.2. The van der Waals surface area contributed by atoms with Gasteiger partial charge in [-0.2, -0.15) is 10.2 Å². The number of carbonyl (C=O) groups excluding carboxylic acids is 1. The van der Waals surface area contributed by atoms with Crippen molar-refractivity contribution in [3.05, 3.63) is 81.6 Å². The molecule has 0 unspecified atom stereocenters. The molecule has 0 atom stereocenters. The third-order valence-electron chi connectivity index (χ3n) is 5.17. The molecule has 31 heavy (non-hydrogen) atoms. The first-order valence-electron chi connectivity index (χ1n) is 9.80. The fraction of sp³-hybridized carbons (Fsp3) is 0.182. The van der Waals surface area contributed by atoms with Crippen LogP contribution in [0.2, 0.25) is 5.02 Å². The van der Waals surface area contributed by atoms with Gasteiger partial charge in [0, 0.05) is 16.3 Å². The van der Waals surface area contributed by atoms with Crippen LogP contribution < -0.4 is 10.9 Å². The number of carbonyl (C=O) groups is 1. The number of hydrogen-bond donors (Lipinski definition) is 1. The summed E-state index contributed by atoms with van der Waals surface area (Å²) in [5.41, 5.74) is 1.29. The number of amides is 1. The summed E-state index contributed by atoms with van der Waals surface area (Å²) in [7, 11) is 0. The van der Waals surface area contributed by atoms with Gasteiger partial charge in [0.25, 0.3) is 5.56 Å². The molecule has 0 spiro atoms. The average Bonchev–Trinajstić information content (AvgIpc) is 3.49. The third-order valence-corrected chi connectivity index (χ3v) is 5.40. The maximum Gasteiger partial charge on any atom is 0.293 e. The minimum atomic E-state index is -0.552. The molecular weight excluding hydrogens is 421 g/mol. The maximum absolute atomic E-state index is 13.9. The first-order chi connectivity index (χ1) is 15.0. The minimum absolute atomic E-state index is 0.0491. The van der Waals surface area contributed by atoms with Crippen molar-refractivity contribution in [1.82, 2.24) is 19.6 Å².